The van der Waals surface area contributed by atoms with Gasteiger partial charge in [-0.2, -0.15) is 4.98 Å². The Kier molecular flexibility index (Phi) is 9.60. The summed E-state index contributed by atoms with van der Waals surface area (Å²) < 4.78 is 29.8. The summed E-state index contributed by atoms with van der Waals surface area (Å²) in [6.45, 7) is 22.2. The third kappa shape index (κ3) is 5.93. The summed E-state index contributed by atoms with van der Waals surface area (Å²) in [5.74, 6) is -0.493. The van der Waals surface area contributed by atoms with Crippen molar-refractivity contribution in [2.45, 2.75) is 90.8 Å². The van der Waals surface area contributed by atoms with E-state index in [0.717, 1.165) is 0 Å². The van der Waals surface area contributed by atoms with Gasteiger partial charge in [0.05, 0.1) is 25.6 Å². The van der Waals surface area contributed by atoms with Crippen LogP contribution in [0, 0.1) is 12.5 Å². The van der Waals surface area contributed by atoms with E-state index in [9.17, 15) is 9.59 Å². The third-order valence-corrected chi connectivity index (χ3v) is 9.38. The number of ether oxygens (including phenoxy) is 2. The van der Waals surface area contributed by atoms with Gasteiger partial charge in [-0.3, -0.25) is 19.9 Å². The number of amides is 1. The average molecular weight is 578 g/mol. The van der Waals surface area contributed by atoms with Crippen LogP contribution in [0.4, 0.5) is 5.95 Å². The minimum Gasteiger partial charge on any atom is -0.370 e. The normalized spacial score (nSPS) is 25.3. The Labute approximate surface area is 235 Å². The Morgan fingerprint density at radius 3 is 2.70 bits per heavy atom. The van der Waals surface area contributed by atoms with Gasteiger partial charge in [0.2, 0.25) is 18.4 Å². The fourth-order valence-corrected chi connectivity index (χ4v) is 6.97. The Balaban J connectivity index is 1.69. The Hall–Kier alpha value is -2.46. The number of hydrogen-bond acceptors (Lipinski definition) is 9. The number of imidazole rings is 1. The van der Waals surface area contributed by atoms with Gasteiger partial charge in [-0.15, -0.1) is 0 Å². The number of carbonyl (C=O) groups is 1. The lowest BCUT2D eigenvalue weighted by atomic mass is 9.88. The highest BCUT2D eigenvalue weighted by Gasteiger charge is 2.59. The fourth-order valence-electron chi connectivity index (χ4n) is 5.16. The maximum absolute atomic E-state index is 12.8. The van der Waals surface area contributed by atoms with E-state index in [4.69, 9.17) is 25.1 Å². The van der Waals surface area contributed by atoms with Crippen molar-refractivity contribution in [3.05, 3.63) is 28.1 Å². The molecule has 2 aliphatic rings. The fraction of sp³-hybridized carbons (Fsp3) is 0.731. The molecule has 0 aliphatic carbocycles. The molecule has 2 aliphatic heterocycles. The van der Waals surface area contributed by atoms with Gasteiger partial charge in [-0.05, 0) is 34.1 Å². The second kappa shape index (κ2) is 12.6. The van der Waals surface area contributed by atoms with Gasteiger partial charge in [0.15, 0.2) is 11.2 Å². The lowest BCUT2D eigenvalue weighted by Crippen LogP contribution is -2.55. The summed E-state index contributed by atoms with van der Waals surface area (Å²) in [6, 6.07) is -0.112. The molecule has 0 aromatic carbocycles. The molecule has 4 rings (SSSR count). The van der Waals surface area contributed by atoms with E-state index in [1.807, 2.05) is 6.92 Å². The smallest absolute Gasteiger partial charge is 0.280 e. The number of carbonyl (C=O) groups excluding carboxylic acids is 1. The molecule has 2 N–H and O–H groups in total. The van der Waals surface area contributed by atoms with E-state index in [0.29, 0.717) is 25.3 Å². The third-order valence-electron chi connectivity index (χ3n) is 7.27. The van der Waals surface area contributed by atoms with Crippen molar-refractivity contribution < 1.29 is 23.3 Å². The van der Waals surface area contributed by atoms with Crippen LogP contribution >= 0.6 is 8.53 Å². The molecule has 0 radical (unpaired) electrons. The van der Waals surface area contributed by atoms with Crippen molar-refractivity contribution in [2.75, 3.05) is 31.7 Å². The summed E-state index contributed by atoms with van der Waals surface area (Å²) in [5, 5.41) is 2.66. The van der Waals surface area contributed by atoms with Crippen molar-refractivity contribution in [1.29, 1.82) is 0 Å². The number of nitrogens with one attached hydrogen (secondary N) is 2. The average Bonchev–Trinajstić information content (AvgIpc) is 3.41. The lowest BCUT2D eigenvalue weighted by Gasteiger charge is -2.45. The van der Waals surface area contributed by atoms with Crippen LogP contribution in [0.3, 0.4) is 0 Å². The molecular formula is C26H40N7O6P. The Morgan fingerprint density at radius 1 is 1.35 bits per heavy atom. The topological polar surface area (TPSA) is 137 Å². The molecule has 14 heteroatoms. The van der Waals surface area contributed by atoms with Gasteiger partial charge in [-0.1, -0.05) is 20.8 Å². The van der Waals surface area contributed by atoms with Gasteiger partial charge in [-0.25, -0.2) is 16.2 Å². The van der Waals surface area contributed by atoms with Crippen LogP contribution in [0.15, 0.2) is 11.1 Å². The zero-order valence-corrected chi connectivity index (χ0v) is 25.1. The summed E-state index contributed by atoms with van der Waals surface area (Å²) in [5.41, 5.74) is -0.650. The van der Waals surface area contributed by atoms with Crippen LogP contribution in [0.5, 0.6) is 0 Å². The van der Waals surface area contributed by atoms with Gasteiger partial charge < -0.3 is 27.9 Å². The molecule has 2 fully saturated rings. The number of fused-ring (bicyclic) bond motifs is 3. The van der Waals surface area contributed by atoms with Crippen LogP contribution in [0.25, 0.3) is 16.0 Å². The zero-order chi connectivity index (χ0) is 29.2. The predicted molar refractivity (Wildman–Crippen MR) is 151 cm³/mol. The van der Waals surface area contributed by atoms with Crippen molar-refractivity contribution in [2.24, 2.45) is 5.92 Å². The monoisotopic (exact) mass is 577 g/mol. The van der Waals surface area contributed by atoms with Crippen molar-refractivity contribution in [1.82, 2.24) is 24.2 Å². The molecule has 2 aromatic rings. The van der Waals surface area contributed by atoms with Crippen LogP contribution in [-0.4, -0.2) is 86.4 Å². The minimum atomic E-state index is -1.54. The van der Waals surface area contributed by atoms with Gasteiger partial charge in [0.25, 0.3) is 14.1 Å². The van der Waals surface area contributed by atoms with Crippen molar-refractivity contribution >= 4 is 31.5 Å². The minimum absolute atomic E-state index is 0.0546. The Bertz CT molecular complexity index is 1280. The molecule has 4 heterocycles. The second-order valence-electron chi connectivity index (χ2n) is 11.0. The number of aromatic nitrogens is 4. The highest BCUT2D eigenvalue weighted by molar-refractivity contribution is 7.44. The molecule has 220 valence electrons. The van der Waals surface area contributed by atoms with E-state index in [1.165, 1.54) is 0 Å². The summed E-state index contributed by atoms with van der Waals surface area (Å²) >= 11 is 0. The number of H-pyrrole nitrogens is 1. The van der Waals surface area contributed by atoms with Crippen LogP contribution in [-0.2, 0) is 23.3 Å². The zero-order valence-electron chi connectivity index (χ0n) is 24.2. The SMILES string of the molecule is [C-]#[N+]CCOP(OC1[C@@H]2OCC1(CC)OC[C@@H]2n1cnc2c(=O)[nH]c(NC(=O)C(C)C)nc21)N(C(C)C)C(C)C. The van der Waals surface area contributed by atoms with Crippen LogP contribution in [0.1, 0.15) is 60.9 Å². The summed E-state index contributed by atoms with van der Waals surface area (Å²) in [6.07, 6.45) is 1.31. The lowest BCUT2D eigenvalue weighted by molar-refractivity contribution is -0.142. The number of nitrogens with zero attached hydrogens (tertiary/aromatic N) is 5. The van der Waals surface area contributed by atoms with Gasteiger partial charge in [0.1, 0.15) is 24.4 Å². The first-order valence-corrected chi connectivity index (χ1v) is 14.9. The first-order valence-electron chi connectivity index (χ1n) is 13.8. The molecule has 2 aromatic heterocycles. The highest BCUT2D eigenvalue weighted by atomic mass is 31.2. The number of anilines is 1. The standard InChI is InChI=1S/C26H40N7O6P/c1-9-26-13-36-20(21(26)39-40(38-11-10-27-8)33(16(4)5)17(6)7)18(12-37-26)32-14-28-19-22(32)29-25(31-24(19)35)30-23(34)15(2)3/h14-18,20-21H,9-13H2,1-7H3,(H2,29,30,31,34,35)/t18-,20+,21?,26?,40?/m0/s1. The number of hydrogen-bond donors (Lipinski definition) is 2. The highest BCUT2D eigenvalue weighted by Crippen LogP contribution is 2.53. The molecule has 0 saturated carbocycles. The number of rotatable bonds is 12. The maximum Gasteiger partial charge on any atom is 0.280 e. The first-order chi connectivity index (χ1) is 19.0. The van der Waals surface area contributed by atoms with Gasteiger partial charge in [0, 0.05) is 18.0 Å². The second-order valence-corrected chi connectivity index (χ2v) is 12.4. The summed E-state index contributed by atoms with van der Waals surface area (Å²) in [7, 11) is -1.54. The molecule has 3 unspecified atom stereocenters. The molecule has 1 amide bonds. The number of aromatic amines is 1. The van der Waals surface area contributed by atoms with E-state index in [-0.39, 0.29) is 48.5 Å². The first kappa shape index (κ1) is 30.5. The largest absolute Gasteiger partial charge is 0.370 e. The van der Waals surface area contributed by atoms with E-state index in [1.54, 1.807) is 24.7 Å². The predicted octanol–water partition coefficient (Wildman–Crippen LogP) is 3.50. The van der Waals surface area contributed by atoms with Crippen molar-refractivity contribution in [3.63, 3.8) is 0 Å². The van der Waals surface area contributed by atoms with E-state index < -0.39 is 37.9 Å². The molecule has 2 bridgehead atoms. The maximum atomic E-state index is 12.8. The van der Waals surface area contributed by atoms with Crippen molar-refractivity contribution in [3.8, 4) is 0 Å². The molecule has 13 nitrogen and oxygen atoms in total. The van der Waals surface area contributed by atoms with Gasteiger partial charge >= 0.3 is 0 Å². The molecule has 40 heavy (non-hydrogen) atoms. The van der Waals surface area contributed by atoms with E-state index in [2.05, 4.69) is 57.5 Å². The Morgan fingerprint density at radius 2 is 2.08 bits per heavy atom. The quantitative estimate of drug-likeness (QED) is 0.221. The molecule has 5 atom stereocenters. The molecule has 2 saturated heterocycles. The summed E-state index contributed by atoms with van der Waals surface area (Å²) in [4.78, 5) is 39.9. The molecular weight excluding hydrogens is 537 g/mol. The van der Waals surface area contributed by atoms with Crippen LogP contribution in [0.2, 0.25) is 0 Å². The van der Waals surface area contributed by atoms with Crippen LogP contribution < -0.4 is 10.9 Å². The van der Waals surface area contributed by atoms with E-state index >= 15 is 0 Å². The molecule has 0 spiro atoms.